The van der Waals surface area contributed by atoms with Gasteiger partial charge in [-0.2, -0.15) is 0 Å². The Bertz CT molecular complexity index is 1280. The highest BCUT2D eigenvalue weighted by atomic mass is 32.2. The number of amides is 1. The first kappa shape index (κ1) is 20.5. The number of fused-ring (bicyclic) bond motifs is 1. The Morgan fingerprint density at radius 1 is 1.06 bits per heavy atom. The Hall–Kier alpha value is -3.79. The zero-order chi connectivity index (χ0) is 21.8. The summed E-state index contributed by atoms with van der Waals surface area (Å²) in [4.78, 5) is 33.3. The lowest BCUT2D eigenvalue weighted by Crippen LogP contribution is -2.15. The van der Waals surface area contributed by atoms with Crippen molar-refractivity contribution in [2.75, 3.05) is 25.3 Å². The highest BCUT2D eigenvalue weighted by Crippen LogP contribution is 2.24. The standard InChI is InChI=1S/C21H19N5O4S/c1-29-15-8-6-14(7-9-15)22-19(28)12-31-21-24-20(13-4-3-5-16(10-13)30-2)23-17-11-18(27)25-26(17)21/h3-11H,12H2,1-2H3,(H,22,28)(H,25,27). The van der Waals surface area contributed by atoms with Crippen LogP contribution in [0.1, 0.15) is 0 Å². The van der Waals surface area contributed by atoms with E-state index in [1.807, 2.05) is 18.2 Å². The number of nitrogens with one attached hydrogen (secondary N) is 2. The van der Waals surface area contributed by atoms with Crippen molar-refractivity contribution in [3.8, 4) is 22.9 Å². The van der Waals surface area contributed by atoms with Gasteiger partial charge in [0.05, 0.1) is 20.0 Å². The van der Waals surface area contributed by atoms with E-state index in [1.165, 1.54) is 22.3 Å². The molecule has 0 spiro atoms. The molecule has 10 heteroatoms. The highest BCUT2D eigenvalue weighted by molar-refractivity contribution is 7.99. The molecule has 0 unspecified atom stereocenters. The molecule has 1 amide bonds. The first-order chi connectivity index (χ1) is 15.1. The average Bonchev–Trinajstić information content (AvgIpc) is 3.18. The van der Waals surface area contributed by atoms with E-state index in [0.29, 0.717) is 33.8 Å². The van der Waals surface area contributed by atoms with E-state index < -0.39 is 0 Å². The molecule has 0 aliphatic heterocycles. The van der Waals surface area contributed by atoms with Crippen molar-refractivity contribution in [1.29, 1.82) is 0 Å². The van der Waals surface area contributed by atoms with E-state index in [1.54, 1.807) is 44.6 Å². The minimum Gasteiger partial charge on any atom is -0.497 e. The number of anilines is 1. The van der Waals surface area contributed by atoms with Gasteiger partial charge in [-0.15, -0.1) is 0 Å². The van der Waals surface area contributed by atoms with Gasteiger partial charge >= 0.3 is 0 Å². The smallest absolute Gasteiger partial charge is 0.266 e. The number of aromatic nitrogens is 4. The van der Waals surface area contributed by atoms with E-state index >= 15 is 0 Å². The Kier molecular flexibility index (Phi) is 5.89. The maximum Gasteiger partial charge on any atom is 0.266 e. The Labute approximate surface area is 181 Å². The van der Waals surface area contributed by atoms with E-state index in [4.69, 9.17) is 9.47 Å². The zero-order valence-electron chi connectivity index (χ0n) is 16.8. The molecule has 0 atom stereocenters. The minimum atomic E-state index is -0.304. The van der Waals surface area contributed by atoms with Gasteiger partial charge in [0, 0.05) is 17.3 Å². The van der Waals surface area contributed by atoms with Gasteiger partial charge in [-0.25, -0.2) is 14.5 Å². The molecule has 0 fully saturated rings. The molecule has 0 bridgehead atoms. The summed E-state index contributed by atoms with van der Waals surface area (Å²) in [5.74, 6) is 1.68. The zero-order valence-corrected chi connectivity index (χ0v) is 17.6. The van der Waals surface area contributed by atoms with Crippen LogP contribution in [0.3, 0.4) is 0 Å². The number of thioether (sulfide) groups is 1. The van der Waals surface area contributed by atoms with Crippen LogP contribution in [0.4, 0.5) is 5.69 Å². The van der Waals surface area contributed by atoms with Crippen LogP contribution in [0.5, 0.6) is 11.5 Å². The fourth-order valence-electron chi connectivity index (χ4n) is 2.87. The lowest BCUT2D eigenvalue weighted by Gasteiger charge is -2.09. The van der Waals surface area contributed by atoms with Gasteiger partial charge in [0.25, 0.3) is 5.56 Å². The van der Waals surface area contributed by atoms with Crippen molar-refractivity contribution >= 4 is 29.0 Å². The summed E-state index contributed by atoms with van der Waals surface area (Å²) in [5.41, 5.74) is 1.50. The van der Waals surface area contributed by atoms with Crippen molar-refractivity contribution in [1.82, 2.24) is 19.6 Å². The van der Waals surface area contributed by atoms with Gasteiger partial charge in [0.2, 0.25) is 5.91 Å². The summed E-state index contributed by atoms with van der Waals surface area (Å²) in [7, 11) is 3.16. The molecule has 9 nitrogen and oxygen atoms in total. The number of benzene rings is 2. The lowest BCUT2D eigenvalue weighted by molar-refractivity contribution is -0.113. The maximum absolute atomic E-state index is 12.4. The first-order valence-electron chi connectivity index (χ1n) is 9.26. The molecule has 2 aromatic heterocycles. The summed E-state index contributed by atoms with van der Waals surface area (Å²) in [6.45, 7) is 0. The average molecular weight is 437 g/mol. The number of rotatable bonds is 7. The van der Waals surface area contributed by atoms with Crippen LogP contribution in [0.15, 0.2) is 64.5 Å². The second-order valence-electron chi connectivity index (χ2n) is 6.44. The molecule has 4 rings (SSSR count). The predicted molar refractivity (Wildman–Crippen MR) is 118 cm³/mol. The topological polar surface area (TPSA) is 111 Å². The molecule has 0 saturated carbocycles. The quantitative estimate of drug-likeness (QED) is 0.428. The first-order valence-corrected chi connectivity index (χ1v) is 10.3. The van der Waals surface area contributed by atoms with Crippen LogP contribution >= 0.6 is 11.8 Å². The molecule has 0 radical (unpaired) electrons. The van der Waals surface area contributed by atoms with E-state index in [9.17, 15) is 9.59 Å². The number of carbonyl (C=O) groups excluding carboxylic acids is 1. The molecule has 0 aliphatic rings. The van der Waals surface area contributed by atoms with Gasteiger partial charge in [0.1, 0.15) is 11.5 Å². The molecule has 2 aromatic carbocycles. The van der Waals surface area contributed by atoms with Gasteiger partial charge in [0.15, 0.2) is 16.6 Å². The van der Waals surface area contributed by atoms with Crippen LogP contribution in [0.2, 0.25) is 0 Å². The summed E-state index contributed by atoms with van der Waals surface area (Å²) in [6.07, 6.45) is 0. The maximum atomic E-state index is 12.4. The second kappa shape index (κ2) is 8.92. The Morgan fingerprint density at radius 2 is 1.84 bits per heavy atom. The number of H-pyrrole nitrogens is 1. The Balaban J connectivity index is 1.57. The fourth-order valence-corrected chi connectivity index (χ4v) is 3.62. The van der Waals surface area contributed by atoms with Crippen molar-refractivity contribution in [3.63, 3.8) is 0 Å². The fraction of sp³-hybridized carbons (Fsp3) is 0.143. The highest BCUT2D eigenvalue weighted by Gasteiger charge is 2.14. The van der Waals surface area contributed by atoms with Gasteiger partial charge in [-0.3, -0.25) is 14.7 Å². The molecule has 158 valence electrons. The van der Waals surface area contributed by atoms with E-state index in [-0.39, 0.29) is 17.2 Å². The normalized spacial score (nSPS) is 10.8. The summed E-state index contributed by atoms with van der Waals surface area (Å²) < 4.78 is 11.8. The summed E-state index contributed by atoms with van der Waals surface area (Å²) in [5, 5.41) is 5.92. The summed E-state index contributed by atoms with van der Waals surface area (Å²) in [6, 6.07) is 15.7. The molecular formula is C21H19N5O4S. The van der Waals surface area contributed by atoms with Crippen LogP contribution < -0.4 is 20.3 Å². The van der Waals surface area contributed by atoms with E-state index in [0.717, 1.165) is 5.56 Å². The molecular weight excluding hydrogens is 418 g/mol. The van der Waals surface area contributed by atoms with Crippen LogP contribution in [-0.4, -0.2) is 45.5 Å². The van der Waals surface area contributed by atoms with Crippen molar-refractivity contribution in [2.24, 2.45) is 0 Å². The summed E-state index contributed by atoms with van der Waals surface area (Å²) >= 11 is 1.19. The minimum absolute atomic E-state index is 0.0932. The molecule has 4 aromatic rings. The molecule has 2 heterocycles. The van der Waals surface area contributed by atoms with Gasteiger partial charge in [-0.05, 0) is 36.4 Å². The predicted octanol–water partition coefficient (Wildman–Crippen LogP) is 2.83. The number of hydrogen-bond donors (Lipinski definition) is 2. The van der Waals surface area contributed by atoms with Crippen molar-refractivity contribution in [2.45, 2.75) is 5.16 Å². The van der Waals surface area contributed by atoms with Crippen molar-refractivity contribution < 1.29 is 14.3 Å². The third kappa shape index (κ3) is 4.69. The van der Waals surface area contributed by atoms with Crippen LogP contribution in [0, 0.1) is 0 Å². The number of hydrogen-bond acceptors (Lipinski definition) is 7. The molecule has 31 heavy (non-hydrogen) atoms. The number of ether oxygens (including phenoxy) is 2. The number of nitrogens with zero attached hydrogens (tertiary/aromatic N) is 3. The monoisotopic (exact) mass is 437 g/mol. The van der Waals surface area contributed by atoms with Gasteiger partial charge < -0.3 is 14.8 Å². The van der Waals surface area contributed by atoms with Crippen molar-refractivity contribution in [3.05, 3.63) is 65.0 Å². The third-order valence-corrected chi connectivity index (χ3v) is 5.30. The lowest BCUT2D eigenvalue weighted by atomic mass is 10.2. The van der Waals surface area contributed by atoms with Gasteiger partial charge in [-0.1, -0.05) is 23.9 Å². The number of aromatic amines is 1. The van der Waals surface area contributed by atoms with E-state index in [2.05, 4.69) is 20.4 Å². The molecule has 0 aliphatic carbocycles. The molecule has 2 N–H and O–H groups in total. The largest absolute Gasteiger partial charge is 0.497 e. The third-order valence-electron chi connectivity index (χ3n) is 4.36. The van der Waals surface area contributed by atoms with Crippen LogP contribution in [-0.2, 0) is 4.79 Å². The SMILES string of the molecule is COc1ccc(NC(=O)CSc2nc(-c3cccc(OC)c3)nc3cc(=O)[nH]n23)cc1. The number of methoxy groups -OCH3 is 2. The van der Waals surface area contributed by atoms with Crippen LogP contribution in [0.25, 0.3) is 17.0 Å². The molecule has 0 saturated heterocycles. The Morgan fingerprint density at radius 3 is 2.58 bits per heavy atom. The second-order valence-corrected chi connectivity index (χ2v) is 7.38. The number of carbonyl (C=O) groups is 1.